The molecule has 0 saturated heterocycles. The molecule has 0 amide bonds. The van der Waals surface area contributed by atoms with Gasteiger partial charge in [-0.25, -0.2) is 8.42 Å². The van der Waals surface area contributed by atoms with E-state index in [9.17, 15) is 18.5 Å². The van der Waals surface area contributed by atoms with E-state index in [1.807, 2.05) is 6.92 Å². The summed E-state index contributed by atoms with van der Waals surface area (Å²) < 4.78 is 32.3. The minimum atomic E-state index is -3.95. The second-order valence-corrected chi connectivity index (χ2v) is 7.11. The minimum absolute atomic E-state index is 0.0618. The van der Waals surface area contributed by atoms with Crippen molar-refractivity contribution < 1.29 is 18.1 Å². The standard InChI is InChI=1S/C17H18N2O5S/c1-4-11-18(25(22,23)15-8-5-13(2)6-9-15)16-12-14(19(20)21)7-10-17(16)24-3/h4-10,12H,1,11H2,2-3H3. The minimum Gasteiger partial charge on any atom is -0.495 e. The fourth-order valence-corrected chi connectivity index (χ4v) is 3.71. The van der Waals surface area contributed by atoms with Crippen LogP contribution in [-0.2, 0) is 10.0 Å². The van der Waals surface area contributed by atoms with Crippen LogP contribution in [0, 0.1) is 17.0 Å². The van der Waals surface area contributed by atoms with E-state index < -0.39 is 14.9 Å². The Morgan fingerprint density at radius 2 is 1.88 bits per heavy atom. The van der Waals surface area contributed by atoms with E-state index in [0.29, 0.717) is 0 Å². The van der Waals surface area contributed by atoms with Gasteiger partial charge in [0.25, 0.3) is 15.7 Å². The number of sulfonamides is 1. The molecule has 0 heterocycles. The Morgan fingerprint density at radius 3 is 2.40 bits per heavy atom. The summed E-state index contributed by atoms with van der Waals surface area (Å²) in [7, 11) is -2.58. The van der Waals surface area contributed by atoms with Crippen LogP contribution in [0.2, 0.25) is 0 Å². The molecule has 0 atom stereocenters. The van der Waals surface area contributed by atoms with E-state index in [4.69, 9.17) is 4.74 Å². The molecule has 0 radical (unpaired) electrons. The van der Waals surface area contributed by atoms with Gasteiger partial charge in [0.2, 0.25) is 0 Å². The molecule has 0 saturated carbocycles. The molecule has 2 aromatic carbocycles. The van der Waals surface area contributed by atoms with E-state index in [1.54, 1.807) is 12.1 Å². The molecule has 0 aromatic heterocycles. The van der Waals surface area contributed by atoms with Gasteiger partial charge in [0.1, 0.15) is 11.4 Å². The van der Waals surface area contributed by atoms with Crippen molar-refractivity contribution in [2.45, 2.75) is 11.8 Å². The van der Waals surface area contributed by atoms with E-state index in [2.05, 4.69) is 6.58 Å². The summed E-state index contributed by atoms with van der Waals surface area (Å²) in [6, 6.07) is 10.2. The third-order valence-corrected chi connectivity index (χ3v) is 5.34. The Bertz CT molecular complexity index is 892. The lowest BCUT2D eigenvalue weighted by molar-refractivity contribution is -0.384. The van der Waals surface area contributed by atoms with Crippen molar-refractivity contribution in [2.75, 3.05) is 18.0 Å². The van der Waals surface area contributed by atoms with Gasteiger partial charge in [0.05, 0.1) is 23.5 Å². The van der Waals surface area contributed by atoms with Gasteiger partial charge >= 0.3 is 0 Å². The molecule has 0 aliphatic carbocycles. The predicted octanol–water partition coefficient (Wildman–Crippen LogP) is 3.29. The summed E-state index contributed by atoms with van der Waals surface area (Å²) in [5.74, 6) is 0.211. The molecule has 7 nitrogen and oxygen atoms in total. The smallest absolute Gasteiger partial charge is 0.271 e. The van der Waals surface area contributed by atoms with Crippen LogP contribution in [0.5, 0.6) is 5.75 Å². The van der Waals surface area contributed by atoms with Gasteiger partial charge in [-0.15, -0.1) is 6.58 Å². The number of ether oxygens (including phenoxy) is 1. The SMILES string of the molecule is C=CCN(c1cc([N+](=O)[O-])ccc1OC)S(=O)(=O)c1ccc(C)cc1. The summed E-state index contributed by atoms with van der Waals surface area (Å²) in [5.41, 5.74) is 0.767. The molecule has 0 spiro atoms. The van der Waals surface area contributed by atoms with Crippen LogP contribution in [0.4, 0.5) is 11.4 Å². The molecule has 0 fully saturated rings. The molecule has 2 rings (SSSR count). The van der Waals surface area contributed by atoms with Crippen molar-refractivity contribution in [2.24, 2.45) is 0 Å². The molecular weight excluding hydrogens is 344 g/mol. The Labute approximate surface area is 146 Å². The molecular formula is C17H18N2O5S. The van der Waals surface area contributed by atoms with Crippen LogP contribution >= 0.6 is 0 Å². The molecule has 132 valence electrons. The van der Waals surface area contributed by atoms with Crippen LogP contribution in [0.15, 0.2) is 60.0 Å². The first-order valence-electron chi connectivity index (χ1n) is 7.34. The maximum Gasteiger partial charge on any atom is 0.271 e. The first kappa shape index (κ1) is 18.5. The Hall–Kier alpha value is -2.87. The van der Waals surface area contributed by atoms with Crippen molar-refractivity contribution in [1.82, 2.24) is 0 Å². The van der Waals surface area contributed by atoms with Gasteiger partial charge in [0, 0.05) is 12.1 Å². The highest BCUT2D eigenvalue weighted by Gasteiger charge is 2.28. The normalized spacial score (nSPS) is 11.0. The average Bonchev–Trinajstić information content (AvgIpc) is 2.59. The average molecular weight is 362 g/mol. The number of hydrogen-bond acceptors (Lipinski definition) is 5. The molecule has 0 unspecified atom stereocenters. The summed E-state index contributed by atoms with van der Waals surface area (Å²) in [6.45, 7) is 5.37. The molecule has 0 aliphatic rings. The number of methoxy groups -OCH3 is 1. The van der Waals surface area contributed by atoms with Gasteiger partial charge in [0.15, 0.2) is 0 Å². The van der Waals surface area contributed by atoms with Crippen LogP contribution in [0.25, 0.3) is 0 Å². The highest BCUT2D eigenvalue weighted by Crippen LogP contribution is 2.35. The maximum atomic E-state index is 13.0. The number of hydrogen-bond donors (Lipinski definition) is 0. The number of nitrogens with zero attached hydrogens (tertiary/aromatic N) is 2. The number of nitro benzene ring substituents is 1. The van der Waals surface area contributed by atoms with Crippen molar-refractivity contribution in [3.8, 4) is 5.75 Å². The van der Waals surface area contributed by atoms with Crippen LogP contribution in [0.3, 0.4) is 0 Å². The van der Waals surface area contributed by atoms with Crippen molar-refractivity contribution in [3.05, 3.63) is 70.8 Å². The van der Waals surface area contributed by atoms with Crippen molar-refractivity contribution in [3.63, 3.8) is 0 Å². The second kappa shape index (κ2) is 7.35. The zero-order chi connectivity index (χ0) is 18.6. The fourth-order valence-electron chi connectivity index (χ4n) is 2.27. The van der Waals surface area contributed by atoms with Crippen LogP contribution in [-0.4, -0.2) is 27.0 Å². The van der Waals surface area contributed by atoms with Gasteiger partial charge in [-0.05, 0) is 25.1 Å². The zero-order valence-corrected chi connectivity index (χ0v) is 14.7. The predicted molar refractivity (Wildman–Crippen MR) is 95.6 cm³/mol. The lowest BCUT2D eigenvalue weighted by atomic mass is 10.2. The van der Waals surface area contributed by atoms with Crippen molar-refractivity contribution >= 4 is 21.4 Å². The first-order valence-corrected chi connectivity index (χ1v) is 8.78. The second-order valence-electron chi connectivity index (χ2n) is 5.25. The molecule has 0 bridgehead atoms. The molecule has 2 aromatic rings. The highest BCUT2D eigenvalue weighted by atomic mass is 32.2. The maximum absolute atomic E-state index is 13.0. The topological polar surface area (TPSA) is 89.8 Å². The molecule has 8 heteroatoms. The van der Waals surface area contributed by atoms with Crippen LogP contribution in [0.1, 0.15) is 5.56 Å². The Balaban J connectivity index is 2.65. The molecule has 25 heavy (non-hydrogen) atoms. The summed E-state index contributed by atoms with van der Waals surface area (Å²) in [4.78, 5) is 10.6. The highest BCUT2D eigenvalue weighted by molar-refractivity contribution is 7.92. The first-order chi connectivity index (χ1) is 11.8. The van der Waals surface area contributed by atoms with Crippen LogP contribution < -0.4 is 9.04 Å². The summed E-state index contributed by atoms with van der Waals surface area (Å²) in [5, 5.41) is 11.1. The third-order valence-electron chi connectivity index (χ3n) is 3.55. The lowest BCUT2D eigenvalue weighted by Crippen LogP contribution is -2.31. The van der Waals surface area contributed by atoms with Gasteiger partial charge in [-0.1, -0.05) is 23.8 Å². The number of aryl methyl sites for hydroxylation is 1. The van der Waals surface area contributed by atoms with E-state index in [-0.39, 0.29) is 28.6 Å². The molecule has 0 N–H and O–H groups in total. The van der Waals surface area contributed by atoms with E-state index in [0.717, 1.165) is 9.87 Å². The van der Waals surface area contributed by atoms with Gasteiger partial charge < -0.3 is 4.74 Å². The number of benzene rings is 2. The molecule has 0 aliphatic heterocycles. The fraction of sp³-hybridized carbons (Fsp3) is 0.176. The largest absolute Gasteiger partial charge is 0.495 e. The van der Waals surface area contributed by atoms with E-state index >= 15 is 0 Å². The third kappa shape index (κ3) is 3.80. The number of nitro groups is 1. The number of non-ortho nitro benzene ring substituents is 1. The number of rotatable bonds is 7. The van der Waals surface area contributed by atoms with Gasteiger partial charge in [-0.2, -0.15) is 0 Å². The monoisotopic (exact) mass is 362 g/mol. The zero-order valence-electron chi connectivity index (χ0n) is 13.9. The van der Waals surface area contributed by atoms with Gasteiger partial charge in [-0.3, -0.25) is 14.4 Å². The Morgan fingerprint density at radius 1 is 1.24 bits per heavy atom. The quantitative estimate of drug-likeness (QED) is 0.428. The number of anilines is 1. The lowest BCUT2D eigenvalue weighted by Gasteiger charge is -2.24. The Kier molecular flexibility index (Phi) is 5.43. The summed E-state index contributed by atoms with van der Waals surface area (Å²) >= 11 is 0. The van der Waals surface area contributed by atoms with Crippen molar-refractivity contribution in [1.29, 1.82) is 0 Å². The summed E-state index contributed by atoms with van der Waals surface area (Å²) in [6.07, 6.45) is 1.41. The van der Waals surface area contributed by atoms with E-state index in [1.165, 1.54) is 43.5 Å².